The van der Waals surface area contributed by atoms with Gasteiger partial charge in [0.05, 0.1) is 19.1 Å². The van der Waals surface area contributed by atoms with Crippen LogP contribution in [0.15, 0.2) is 12.2 Å². The van der Waals surface area contributed by atoms with Crippen molar-refractivity contribution < 1.29 is 19.1 Å². The van der Waals surface area contributed by atoms with Crippen LogP contribution in [0.4, 0.5) is 0 Å². The molecule has 0 aliphatic heterocycles. The molecule has 4 nitrogen and oxygen atoms in total. The lowest BCUT2D eigenvalue weighted by Crippen LogP contribution is -2.07. The summed E-state index contributed by atoms with van der Waals surface area (Å²) >= 11 is 0. The fraction of sp³-hybridized carbons (Fsp3) is 0.636. The predicted molar refractivity (Wildman–Crippen MR) is 54.0 cm³/mol. The van der Waals surface area contributed by atoms with Crippen LogP contribution in [0.1, 0.15) is 20.3 Å². The van der Waals surface area contributed by atoms with Gasteiger partial charge in [-0.3, -0.25) is 4.79 Å². The molecule has 0 spiro atoms. The second-order valence-corrected chi connectivity index (χ2v) is 3.37. The van der Waals surface area contributed by atoms with Crippen LogP contribution in [0.2, 0.25) is 0 Å². The van der Waals surface area contributed by atoms with Crippen LogP contribution >= 0.6 is 0 Å². The molecule has 0 radical (unpaired) electrons. The molecule has 0 saturated heterocycles. The molecule has 0 aromatic heterocycles. The molecule has 0 N–H and O–H groups in total. The Balaban J connectivity index is 2.26. The van der Waals surface area contributed by atoms with Crippen LogP contribution in [-0.4, -0.2) is 25.2 Å². The summed E-state index contributed by atoms with van der Waals surface area (Å²) in [6.45, 7) is 4.31. The van der Waals surface area contributed by atoms with Crippen molar-refractivity contribution in [1.82, 2.24) is 0 Å². The lowest BCUT2D eigenvalue weighted by molar-refractivity contribution is -0.145. The first-order valence-corrected chi connectivity index (χ1v) is 5.20. The van der Waals surface area contributed by atoms with Gasteiger partial charge in [-0.1, -0.05) is 6.08 Å². The number of ether oxygens (including phenoxy) is 2. The van der Waals surface area contributed by atoms with Gasteiger partial charge in [-0.2, -0.15) is 0 Å². The van der Waals surface area contributed by atoms with Crippen molar-refractivity contribution in [3.8, 4) is 0 Å². The van der Waals surface area contributed by atoms with Crippen molar-refractivity contribution in [1.29, 1.82) is 0 Å². The molecule has 1 saturated carbocycles. The van der Waals surface area contributed by atoms with E-state index in [-0.39, 0.29) is 23.8 Å². The fourth-order valence-corrected chi connectivity index (χ4v) is 1.34. The first-order chi connectivity index (χ1) is 7.19. The third-order valence-corrected chi connectivity index (χ3v) is 2.20. The summed E-state index contributed by atoms with van der Waals surface area (Å²) < 4.78 is 9.58. The molecule has 1 aliphatic rings. The van der Waals surface area contributed by atoms with Gasteiger partial charge in [-0.15, -0.1) is 0 Å². The zero-order valence-corrected chi connectivity index (χ0v) is 9.06. The van der Waals surface area contributed by atoms with Gasteiger partial charge in [-0.05, 0) is 26.2 Å². The average Bonchev–Trinajstić information content (AvgIpc) is 2.95. The zero-order valence-electron chi connectivity index (χ0n) is 9.06. The van der Waals surface area contributed by atoms with E-state index in [9.17, 15) is 9.59 Å². The van der Waals surface area contributed by atoms with E-state index in [0.29, 0.717) is 13.2 Å². The number of allylic oxidation sites excluding steroid dienone is 1. The van der Waals surface area contributed by atoms with Gasteiger partial charge < -0.3 is 9.47 Å². The van der Waals surface area contributed by atoms with Gasteiger partial charge in [0.15, 0.2) is 0 Å². The van der Waals surface area contributed by atoms with E-state index in [0.717, 1.165) is 6.42 Å². The van der Waals surface area contributed by atoms with Gasteiger partial charge in [0.1, 0.15) is 0 Å². The van der Waals surface area contributed by atoms with Gasteiger partial charge in [0, 0.05) is 6.08 Å². The SMILES string of the molecule is CCOC(=O)C=CC1CC1C(=O)OCC. The molecule has 15 heavy (non-hydrogen) atoms. The molecule has 0 aromatic carbocycles. The Morgan fingerprint density at radius 1 is 1.27 bits per heavy atom. The van der Waals surface area contributed by atoms with Crippen molar-refractivity contribution >= 4 is 11.9 Å². The second-order valence-electron chi connectivity index (χ2n) is 3.37. The third-order valence-electron chi connectivity index (χ3n) is 2.20. The fourth-order valence-electron chi connectivity index (χ4n) is 1.34. The molecule has 2 atom stereocenters. The van der Waals surface area contributed by atoms with E-state index in [4.69, 9.17) is 9.47 Å². The van der Waals surface area contributed by atoms with Gasteiger partial charge in [-0.25, -0.2) is 4.79 Å². The Hall–Kier alpha value is -1.32. The van der Waals surface area contributed by atoms with Crippen LogP contribution in [0.25, 0.3) is 0 Å². The van der Waals surface area contributed by atoms with E-state index < -0.39 is 0 Å². The molecule has 1 fully saturated rings. The van der Waals surface area contributed by atoms with Crippen LogP contribution in [-0.2, 0) is 19.1 Å². The molecule has 0 amide bonds. The van der Waals surface area contributed by atoms with Gasteiger partial charge in [0.2, 0.25) is 0 Å². The number of rotatable bonds is 5. The van der Waals surface area contributed by atoms with E-state index in [1.807, 2.05) is 0 Å². The van der Waals surface area contributed by atoms with Crippen LogP contribution in [0.5, 0.6) is 0 Å². The van der Waals surface area contributed by atoms with Crippen LogP contribution < -0.4 is 0 Å². The minimum absolute atomic E-state index is 0.0596. The molecule has 1 aliphatic carbocycles. The van der Waals surface area contributed by atoms with Crippen molar-refractivity contribution in [3.05, 3.63) is 12.2 Å². The first kappa shape index (κ1) is 11.8. The minimum atomic E-state index is -0.355. The molecular formula is C11H16O4. The standard InChI is InChI=1S/C11H16O4/c1-3-14-10(12)6-5-8-7-9(8)11(13)15-4-2/h5-6,8-9H,3-4,7H2,1-2H3. The number of carbonyl (C=O) groups excluding carboxylic acids is 2. The number of hydrogen-bond acceptors (Lipinski definition) is 4. The van der Waals surface area contributed by atoms with E-state index >= 15 is 0 Å². The minimum Gasteiger partial charge on any atom is -0.466 e. The molecule has 0 aromatic rings. The molecule has 84 valence electrons. The largest absolute Gasteiger partial charge is 0.466 e. The van der Waals surface area contributed by atoms with Gasteiger partial charge in [0.25, 0.3) is 0 Å². The maximum atomic E-state index is 11.2. The summed E-state index contributed by atoms with van der Waals surface area (Å²) in [7, 11) is 0. The quantitative estimate of drug-likeness (QED) is 0.509. The van der Waals surface area contributed by atoms with Crippen LogP contribution in [0.3, 0.4) is 0 Å². The summed E-state index contributed by atoms with van der Waals surface area (Å²) in [5.74, 6) is -0.438. The highest BCUT2D eigenvalue weighted by Crippen LogP contribution is 2.40. The normalized spacial score (nSPS) is 23.9. The Kier molecular flexibility index (Phi) is 4.34. The second kappa shape index (κ2) is 5.53. The number of esters is 2. The Morgan fingerprint density at radius 2 is 1.93 bits per heavy atom. The summed E-state index contributed by atoms with van der Waals surface area (Å²) in [4.78, 5) is 22.2. The molecule has 0 bridgehead atoms. The van der Waals surface area contributed by atoms with Crippen LogP contribution in [0, 0.1) is 11.8 Å². The van der Waals surface area contributed by atoms with E-state index in [1.54, 1.807) is 19.9 Å². The van der Waals surface area contributed by atoms with Crippen molar-refractivity contribution in [3.63, 3.8) is 0 Å². The number of carbonyl (C=O) groups is 2. The lowest BCUT2D eigenvalue weighted by Gasteiger charge is -1.98. The summed E-state index contributed by atoms with van der Waals surface area (Å²) in [6.07, 6.45) is 3.88. The molecule has 2 unspecified atom stereocenters. The predicted octanol–water partition coefficient (Wildman–Crippen LogP) is 1.30. The van der Waals surface area contributed by atoms with Crippen molar-refractivity contribution in [2.45, 2.75) is 20.3 Å². The molecule has 4 heteroatoms. The van der Waals surface area contributed by atoms with E-state index in [2.05, 4.69) is 0 Å². The van der Waals surface area contributed by atoms with Gasteiger partial charge >= 0.3 is 11.9 Å². The Labute approximate surface area is 89.2 Å². The lowest BCUT2D eigenvalue weighted by atomic mass is 10.3. The van der Waals surface area contributed by atoms with Crippen molar-refractivity contribution in [2.75, 3.05) is 13.2 Å². The van der Waals surface area contributed by atoms with E-state index in [1.165, 1.54) is 6.08 Å². The highest BCUT2D eigenvalue weighted by molar-refractivity contribution is 5.82. The molecule has 0 heterocycles. The topological polar surface area (TPSA) is 52.6 Å². The Morgan fingerprint density at radius 3 is 2.53 bits per heavy atom. The maximum absolute atomic E-state index is 11.2. The number of hydrogen-bond donors (Lipinski definition) is 0. The first-order valence-electron chi connectivity index (χ1n) is 5.20. The highest BCUT2D eigenvalue weighted by Gasteiger charge is 2.42. The molecule has 1 rings (SSSR count). The zero-order chi connectivity index (χ0) is 11.3. The van der Waals surface area contributed by atoms with Crippen molar-refractivity contribution in [2.24, 2.45) is 11.8 Å². The summed E-state index contributed by atoms with van der Waals surface area (Å²) in [6, 6.07) is 0. The highest BCUT2D eigenvalue weighted by atomic mass is 16.5. The maximum Gasteiger partial charge on any atom is 0.330 e. The average molecular weight is 212 g/mol. The summed E-state index contributed by atoms with van der Waals surface area (Å²) in [5.41, 5.74) is 0. The monoisotopic (exact) mass is 212 g/mol. The smallest absolute Gasteiger partial charge is 0.330 e. The Bertz CT molecular complexity index is 270. The molecular weight excluding hydrogens is 196 g/mol. The summed E-state index contributed by atoms with van der Waals surface area (Å²) in [5, 5.41) is 0. The third kappa shape index (κ3) is 3.73.